The number of carbonyl (C=O) groups excluding carboxylic acids is 2. The number of aromatic nitrogens is 2. The van der Waals surface area contributed by atoms with Crippen LogP contribution in [0.1, 0.15) is 28.2 Å². The molecule has 0 saturated carbocycles. The Morgan fingerprint density at radius 1 is 1.23 bits per heavy atom. The largest absolute Gasteiger partial charge is 0.399 e. The molecule has 0 aliphatic heterocycles. The van der Waals surface area contributed by atoms with Gasteiger partial charge in [-0.15, -0.1) is 0 Å². The number of aryl methyl sites for hydroxylation is 1. The number of hydrogen-bond donors (Lipinski definition) is 3. The summed E-state index contributed by atoms with van der Waals surface area (Å²) in [7, 11) is 0. The number of imide groups is 1. The summed E-state index contributed by atoms with van der Waals surface area (Å²) < 4.78 is 1.47. The lowest BCUT2D eigenvalue weighted by Gasteiger charge is -2.06. The van der Waals surface area contributed by atoms with Gasteiger partial charge in [0.2, 0.25) is 5.91 Å². The highest BCUT2D eigenvalue weighted by Gasteiger charge is 2.12. The van der Waals surface area contributed by atoms with Crippen LogP contribution in [0.3, 0.4) is 0 Å². The van der Waals surface area contributed by atoms with E-state index in [1.165, 1.54) is 4.57 Å². The van der Waals surface area contributed by atoms with Gasteiger partial charge in [-0.1, -0.05) is 0 Å². The SMILES string of the molecule is Cc1[nH]c(=O)n(CCC(=O)NC(=O)c2ccc(N)cc2)c1C. The van der Waals surface area contributed by atoms with E-state index in [-0.39, 0.29) is 18.7 Å². The molecule has 0 aliphatic rings. The summed E-state index contributed by atoms with van der Waals surface area (Å²) in [4.78, 5) is 38.0. The van der Waals surface area contributed by atoms with Crippen LogP contribution >= 0.6 is 0 Å². The standard InChI is InChI=1S/C15H18N4O3/c1-9-10(2)19(15(22)17-9)8-7-13(20)18-14(21)11-3-5-12(16)6-4-11/h3-6H,7-8,16H2,1-2H3,(H,17,22)(H,18,20,21). The maximum absolute atomic E-state index is 11.9. The van der Waals surface area contributed by atoms with Gasteiger partial charge < -0.3 is 10.7 Å². The molecule has 0 saturated heterocycles. The molecule has 0 unspecified atom stereocenters. The molecule has 2 aromatic rings. The number of nitrogens with zero attached hydrogens (tertiary/aromatic N) is 1. The molecule has 0 aliphatic carbocycles. The third-order valence-corrected chi connectivity index (χ3v) is 3.48. The van der Waals surface area contributed by atoms with E-state index in [1.807, 2.05) is 0 Å². The lowest BCUT2D eigenvalue weighted by Crippen LogP contribution is -2.32. The van der Waals surface area contributed by atoms with Crippen LogP contribution in [0.15, 0.2) is 29.1 Å². The van der Waals surface area contributed by atoms with Crippen LogP contribution in [0.5, 0.6) is 0 Å². The summed E-state index contributed by atoms with van der Waals surface area (Å²) in [6.45, 7) is 3.80. The Morgan fingerprint density at radius 3 is 2.41 bits per heavy atom. The Hall–Kier alpha value is -2.83. The summed E-state index contributed by atoms with van der Waals surface area (Å²) in [6.07, 6.45) is 0.0404. The lowest BCUT2D eigenvalue weighted by molar-refractivity contribution is -0.120. The van der Waals surface area contributed by atoms with E-state index in [9.17, 15) is 14.4 Å². The number of carbonyl (C=O) groups is 2. The van der Waals surface area contributed by atoms with Gasteiger partial charge in [0.05, 0.1) is 0 Å². The van der Waals surface area contributed by atoms with Crippen LogP contribution in [0, 0.1) is 13.8 Å². The van der Waals surface area contributed by atoms with Crippen LogP contribution in [-0.4, -0.2) is 21.4 Å². The number of anilines is 1. The Labute approximate surface area is 127 Å². The van der Waals surface area contributed by atoms with Crippen molar-refractivity contribution in [2.75, 3.05) is 5.73 Å². The molecule has 2 amide bonds. The molecule has 0 spiro atoms. The first-order chi connectivity index (χ1) is 10.4. The monoisotopic (exact) mass is 302 g/mol. The fraction of sp³-hybridized carbons (Fsp3) is 0.267. The first kappa shape index (κ1) is 15.6. The maximum Gasteiger partial charge on any atom is 0.325 e. The van der Waals surface area contributed by atoms with E-state index in [0.29, 0.717) is 11.3 Å². The third kappa shape index (κ3) is 3.43. The second-order valence-corrected chi connectivity index (χ2v) is 5.04. The van der Waals surface area contributed by atoms with Gasteiger partial charge in [0, 0.05) is 35.6 Å². The van der Waals surface area contributed by atoms with E-state index >= 15 is 0 Å². The zero-order chi connectivity index (χ0) is 16.3. The fourth-order valence-electron chi connectivity index (χ4n) is 2.05. The van der Waals surface area contributed by atoms with Crippen LogP contribution in [0.4, 0.5) is 5.69 Å². The molecular weight excluding hydrogens is 284 g/mol. The normalized spacial score (nSPS) is 10.5. The second-order valence-electron chi connectivity index (χ2n) is 5.04. The maximum atomic E-state index is 11.9. The Kier molecular flexibility index (Phi) is 4.45. The average Bonchev–Trinajstić information content (AvgIpc) is 2.70. The number of imidazole rings is 1. The molecule has 0 bridgehead atoms. The van der Waals surface area contributed by atoms with Gasteiger partial charge in [-0.05, 0) is 38.1 Å². The summed E-state index contributed by atoms with van der Waals surface area (Å²) in [6, 6.07) is 6.26. The topological polar surface area (TPSA) is 110 Å². The lowest BCUT2D eigenvalue weighted by atomic mass is 10.2. The third-order valence-electron chi connectivity index (χ3n) is 3.48. The molecule has 7 heteroatoms. The van der Waals surface area contributed by atoms with Gasteiger partial charge in [-0.2, -0.15) is 0 Å². The zero-order valence-electron chi connectivity index (χ0n) is 12.5. The molecule has 0 radical (unpaired) electrons. The summed E-state index contributed by atoms with van der Waals surface area (Å²) in [5.41, 5.74) is 7.72. The highest BCUT2D eigenvalue weighted by Crippen LogP contribution is 2.05. The van der Waals surface area contributed by atoms with Gasteiger partial charge in [-0.3, -0.25) is 19.5 Å². The average molecular weight is 302 g/mol. The van der Waals surface area contributed by atoms with Gasteiger partial charge in [0.25, 0.3) is 5.91 Å². The van der Waals surface area contributed by atoms with Crippen molar-refractivity contribution < 1.29 is 9.59 Å². The van der Waals surface area contributed by atoms with Crippen LogP contribution in [0.2, 0.25) is 0 Å². The van der Waals surface area contributed by atoms with Gasteiger partial charge in [-0.25, -0.2) is 4.79 Å². The fourth-order valence-corrected chi connectivity index (χ4v) is 2.05. The predicted octanol–water partition coefficient (Wildman–Crippen LogP) is 0.722. The van der Waals surface area contributed by atoms with Crippen LogP contribution < -0.4 is 16.7 Å². The number of hydrogen-bond acceptors (Lipinski definition) is 4. The number of amides is 2. The number of nitrogen functional groups attached to an aromatic ring is 1. The molecule has 4 N–H and O–H groups in total. The number of rotatable bonds is 4. The molecule has 1 heterocycles. The van der Waals surface area contributed by atoms with Crippen molar-refractivity contribution >= 4 is 17.5 Å². The number of benzene rings is 1. The van der Waals surface area contributed by atoms with Crippen molar-refractivity contribution in [1.29, 1.82) is 0 Å². The van der Waals surface area contributed by atoms with Crippen LogP contribution in [-0.2, 0) is 11.3 Å². The van der Waals surface area contributed by atoms with E-state index in [2.05, 4.69) is 10.3 Å². The number of aromatic amines is 1. The minimum absolute atomic E-state index is 0.0404. The number of nitrogens with one attached hydrogen (secondary N) is 2. The summed E-state index contributed by atoms with van der Waals surface area (Å²) in [5, 5.41) is 2.29. The number of nitrogens with two attached hydrogens (primary N) is 1. The van der Waals surface area contributed by atoms with E-state index in [4.69, 9.17) is 5.73 Å². The van der Waals surface area contributed by atoms with Crippen molar-refractivity contribution in [3.8, 4) is 0 Å². The minimum Gasteiger partial charge on any atom is -0.399 e. The molecule has 1 aromatic carbocycles. The highest BCUT2D eigenvalue weighted by atomic mass is 16.2. The Bertz CT molecular complexity index is 756. The first-order valence-electron chi connectivity index (χ1n) is 6.84. The summed E-state index contributed by atoms with van der Waals surface area (Å²) in [5.74, 6) is -0.925. The van der Waals surface area contributed by atoms with Gasteiger partial charge in [0.1, 0.15) is 0 Å². The highest BCUT2D eigenvalue weighted by molar-refractivity contribution is 6.04. The predicted molar refractivity (Wildman–Crippen MR) is 82.5 cm³/mol. The molecule has 1 aromatic heterocycles. The van der Waals surface area contributed by atoms with Crippen LogP contribution in [0.25, 0.3) is 0 Å². The van der Waals surface area contributed by atoms with E-state index < -0.39 is 11.8 Å². The van der Waals surface area contributed by atoms with Crippen molar-refractivity contribution in [3.63, 3.8) is 0 Å². The van der Waals surface area contributed by atoms with Crippen molar-refractivity contribution in [2.24, 2.45) is 0 Å². The smallest absolute Gasteiger partial charge is 0.325 e. The number of H-pyrrole nitrogens is 1. The first-order valence-corrected chi connectivity index (χ1v) is 6.84. The molecule has 7 nitrogen and oxygen atoms in total. The molecule has 2 rings (SSSR count). The van der Waals surface area contributed by atoms with Gasteiger partial charge in [0.15, 0.2) is 0 Å². The van der Waals surface area contributed by atoms with Crippen molar-refractivity contribution in [1.82, 2.24) is 14.9 Å². The molecule has 22 heavy (non-hydrogen) atoms. The Morgan fingerprint density at radius 2 is 1.86 bits per heavy atom. The van der Waals surface area contributed by atoms with Crippen molar-refractivity contribution in [3.05, 3.63) is 51.7 Å². The zero-order valence-corrected chi connectivity index (χ0v) is 12.5. The van der Waals surface area contributed by atoms with Crippen molar-refractivity contribution in [2.45, 2.75) is 26.8 Å². The van der Waals surface area contributed by atoms with E-state index in [1.54, 1.807) is 38.1 Å². The minimum atomic E-state index is -0.487. The Balaban J connectivity index is 1.94. The van der Waals surface area contributed by atoms with E-state index in [0.717, 1.165) is 11.4 Å². The molecule has 116 valence electrons. The molecule has 0 fully saturated rings. The second kappa shape index (κ2) is 6.30. The molecule has 0 atom stereocenters. The van der Waals surface area contributed by atoms with Gasteiger partial charge >= 0.3 is 5.69 Å². The summed E-state index contributed by atoms with van der Waals surface area (Å²) >= 11 is 0. The quantitative estimate of drug-likeness (QED) is 0.723. The molecular formula is C15H18N4O3.